The van der Waals surface area contributed by atoms with E-state index in [-0.39, 0.29) is 43.3 Å². The summed E-state index contributed by atoms with van der Waals surface area (Å²) in [6, 6.07) is 66.8. The number of hydrogen-bond donors (Lipinski definition) is 0. The second-order valence-electron chi connectivity index (χ2n) is 36.4. The fraction of sp³-hybridized carbons (Fsp3) is 0.359. The molecule has 504 valence electrons. The molecule has 98 heavy (non-hydrogen) atoms. The molecule has 0 saturated heterocycles. The fourth-order valence-electron chi connectivity index (χ4n) is 14.5. The van der Waals surface area contributed by atoms with E-state index in [4.69, 9.17) is 14.1 Å². The molecule has 0 saturated carbocycles. The third kappa shape index (κ3) is 12.5. The largest absolute Gasteiger partial charge is 0.457 e. The first-order chi connectivity index (χ1) is 45.6. The zero-order valence-electron chi connectivity index (χ0n) is 63.1. The van der Waals surface area contributed by atoms with Crippen molar-refractivity contribution in [2.45, 2.75) is 209 Å². The number of para-hydroxylation sites is 3. The zero-order chi connectivity index (χ0) is 70.5. The first-order valence-electron chi connectivity index (χ1n) is 35.6. The maximum absolute atomic E-state index is 7.56. The van der Waals surface area contributed by atoms with E-state index < -0.39 is 0 Å². The van der Waals surface area contributed by atoms with Gasteiger partial charge in [0.2, 0.25) is 0 Å². The number of ether oxygens (including phenoxy) is 1. The van der Waals surface area contributed by atoms with Gasteiger partial charge in [-0.25, -0.2) is 4.98 Å². The maximum atomic E-state index is 7.56. The van der Waals surface area contributed by atoms with Crippen LogP contribution in [-0.4, -0.2) is 16.2 Å². The van der Waals surface area contributed by atoms with E-state index in [1.165, 1.54) is 78.0 Å². The van der Waals surface area contributed by atoms with Gasteiger partial charge in [-0.1, -0.05) is 251 Å². The van der Waals surface area contributed by atoms with Gasteiger partial charge < -0.3 is 19.0 Å². The highest BCUT2D eigenvalue weighted by Gasteiger charge is 2.36. The average Bonchev–Trinajstić information content (AvgIpc) is 1.53. The number of anilines is 4. The van der Waals surface area contributed by atoms with E-state index in [2.05, 4.69) is 350 Å². The summed E-state index contributed by atoms with van der Waals surface area (Å²) in [5.74, 6) is 2.30. The first kappa shape index (κ1) is 67.7. The average molecular weight is 1300 g/mol. The van der Waals surface area contributed by atoms with E-state index in [0.29, 0.717) is 12.4 Å². The molecule has 0 radical (unpaired) electrons. The van der Waals surface area contributed by atoms with Crippen molar-refractivity contribution in [1.82, 2.24) is 9.55 Å². The van der Waals surface area contributed by atoms with Crippen LogP contribution in [0.2, 0.25) is 0 Å². The number of aromatic nitrogens is 2. The van der Waals surface area contributed by atoms with E-state index in [9.17, 15) is 0 Å². The van der Waals surface area contributed by atoms with Gasteiger partial charge in [-0.3, -0.25) is 4.57 Å². The summed E-state index contributed by atoms with van der Waals surface area (Å²) in [6.07, 6.45) is 1.95. The Balaban J connectivity index is 1.07. The molecule has 0 amide bonds. The van der Waals surface area contributed by atoms with Crippen molar-refractivity contribution in [2.75, 3.05) is 16.5 Å². The molecule has 0 bridgehead atoms. The Labute approximate surface area is 585 Å². The second-order valence-corrected chi connectivity index (χ2v) is 36.4. The molecule has 0 spiro atoms. The van der Waals surface area contributed by atoms with Crippen LogP contribution in [0.4, 0.5) is 22.7 Å². The van der Waals surface area contributed by atoms with E-state index >= 15 is 0 Å². The molecule has 4 heterocycles. The highest BCUT2D eigenvalue weighted by atomic mass is 16.5. The molecule has 0 unspecified atom stereocenters. The molecule has 3 aromatic heterocycles. The number of hydrogen-bond acceptors (Lipinski definition) is 5. The van der Waals surface area contributed by atoms with Crippen LogP contribution >= 0.6 is 0 Å². The summed E-state index contributed by atoms with van der Waals surface area (Å²) < 4.78 is 16.7. The number of pyridine rings is 1. The molecule has 1 aliphatic heterocycles. The standard InChI is InChI=1S/C92H104N4O2/c1-85(2,3)59-40-41-93-80(52-59)96-77-39-38-69-68-30-25-28-35-79(68)98-84(69)82(77)70-37-36-66(54-78(70)96)97-67-47-58(81-73(91(19,20)21)31-29-32-74(81)92(22,23)24)46-65(53-67)94-55-95(76-34-27-26-33-75(76)94)83-71(56-42-60(86(4,5)6)48-61(43-56)87(7,8)9)50-64(90(16,17)18)51-72(83)57-44-62(88(10,11)12)49-63(45-57)89(13,14)15/h25-54H,55H2,1-24H3. The Kier molecular flexibility index (Phi) is 16.2. The van der Waals surface area contributed by atoms with Crippen LogP contribution < -0.4 is 14.5 Å². The quantitative estimate of drug-likeness (QED) is 0.152. The molecule has 1 aliphatic rings. The lowest BCUT2D eigenvalue weighted by atomic mass is 9.74. The van der Waals surface area contributed by atoms with Gasteiger partial charge in [-0.05, 0) is 189 Å². The van der Waals surface area contributed by atoms with Crippen molar-refractivity contribution >= 4 is 66.5 Å². The molecular weight excluding hydrogens is 1190 g/mol. The number of fused-ring (bicyclic) bond motifs is 8. The highest BCUT2D eigenvalue weighted by Crippen LogP contribution is 2.55. The number of rotatable bonds is 8. The van der Waals surface area contributed by atoms with Crippen LogP contribution in [0.15, 0.2) is 187 Å². The second kappa shape index (κ2) is 23.4. The third-order valence-electron chi connectivity index (χ3n) is 20.4. The topological polar surface area (TPSA) is 46.7 Å². The summed E-state index contributed by atoms with van der Waals surface area (Å²) >= 11 is 0. The van der Waals surface area contributed by atoms with Gasteiger partial charge in [0.1, 0.15) is 35.2 Å². The van der Waals surface area contributed by atoms with Crippen LogP contribution in [0, 0.1) is 0 Å². The predicted molar refractivity (Wildman–Crippen MR) is 420 cm³/mol. The van der Waals surface area contributed by atoms with Crippen molar-refractivity contribution < 1.29 is 9.15 Å². The molecule has 13 rings (SSSR count). The van der Waals surface area contributed by atoms with Crippen molar-refractivity contribution in [3.05, 3.63) is 227 Å². The van der Waals surface area contributed by atoms with E-state index in [1.807, 2.05) is 12.3 Å². The first-order valence-corrected chi connectivity index (χ1v) is 35.6. The number of benzene rings is 9. The smallest absolute Gasteiger partial charge is 0.145 e. The lowest BCUT2D eigenvalue weighted by molar-refractivity contribution is 0.483. The van der Waals surface area contributed by atoms with Crippen LogP contribution in [0.1, 0.15) is 211 Å². The summed E-state index contributed by atoms with van der Waals surface area (Å²) in [5, 5.41) is 4.29. The zero-order valence-corrected chi connectivity index (χ0v) is 63.1. The minimum absolute atomic E-state index is 0.103. The van der Waals surface area contributed by atoms with Crippen LogP contribution in [0.3, 0.4) is 0 Å². The van der Waals surface area contributed by atoms with Crippen LogP contribution in [0.25, 0.3) is 82.9 Å². The normalized spacial score (nSPS) is 13.8. The maximum Gasteiger partial charge on any atom is 0.145 e. The molecule has 0 aliphatic carbocycles. The molecule has 12 aromatic rings. The Hall–Kier alpha value is -8.87. The third-order valence-corrected chi connectivity index (χ3v) is 20.4. The van der Waals surface area contributed by atoms with Crippen LogP contribution in [-0.2, 0) is 43.3 Å². The van der Waals surface area contributed by atoms with Crippen molar-refractivity contribution in [3.63, 3.8) is 0 Å². The van der Waals surface area contributed by atoms with Crippen LogP contribution in [0.5, 0.6) is 11.5 Å². The van der Waals surface area contributed by atoms with Gasteiger partial charge in [-0.15, -0.1) is 0 Å². The SMILES string of the molecule is CC(C)(C)c1cc(-c2cc(C(C)(C)C)cc(-c3cc(C(C)(C)C)cc(C(C)(C)C)c3)c2N2CN(c3cc(Oc4ccc5c6c7oc8ccccc8c7ccc6n(-c6cc(C(C)(C)C)ccn6)c5c4)cc(-c4c(C(C)(C)C)cccc4C(C)(C)C)c3)c3ccccc32)cc(C(C)(C)C)c1. The lowest BCUT2D eigenvalue weighted by Gasteiger charge is -2.33. The molecular formula is C92H104N4O2. The molecule has 0 fully saturated rings. The van der Waals surface area contributed by atoms with Crippen molar-refractivity contribution in [3.8, 4) is 50.7 Å². The Morgan fingerprint density at radius 1 is 0.367 bits per heavy atom. The molecule has 6 nitrogen and oxygen atoms in total. The Morgan fingerprint density at radius 3 is 1.40 bits per heavy atom. The minimum atomic E-state index is -0.187. The molecule has 6 heteroatoms. The van der Waals surface area contributed by atoms with Gasteiger partial charge >= 0.3 is 0 Å². The Morgan fingerprint density at radius 2 is 0.867 bits per heavy atom. The van der Waals surface area contributed by atoms with E-state index in [0.717, 1.165) is 77.9 Å². The van der Waals surface area contributed by atoms with Gasteiger partial charge in [0.05, 0.1) is 33.5 Å². The summed E-state index contributed by atoms with van der Waals surface area (Å²) in [5.41, 5.74) is 24.8. The molecule has 0 N–H and O–H groups in total. The predicted octanol–water partition coefficient (Wildman–Crippen LogP) is 26.5. The Bertz CT molecular complexity index is 4930. The van der Waals surface area contributed by atoms with Crippen molar-refractivity contribution in [1.29, 1.82) is 0 Å². The fourth-order valence-corrected chi connectivity index (χ4v) is 14.5. The van der Waals surface area contributed by atoms with E-state index in [1.54, 1.807) is 0 Å². The monoisotopic (exact) mass is 1300 g/mol. The highest BCUT2D eigenvalue weighted by molar-refractivity contribution is 6.24. The summed E-state index contributed by atoms with van der Waals surface area (Å²) in [4.78, 5) is 10.3. The van der Waals surface area contributed by atoms with Gasteiger partial charge in [0, 0.05) is 51.3 Å². The number of nitrogens with zero attached hydrogens (tertiary/aromatic N) is 4. The molecule has 9 aromatic carbocycles. The van der Waals surface area contributed by atoms with Gasteiger partial charge in [0.15, 0.2) is 0 Å². The minimum Gasteiger partial charge on any atom is -0.457 e. The molecule has 0 atom stereocenters. The van der Waals surface area contributed by atoms with Gasteiger partial charge in [-0.2, -0.15) is 0 Å². The lowest BCUT2D eigenvalue weighted by Crippen LogP contribution is -2.26. The summed E-state index contributed by atoms with van der Waals surface area (Å²) in [7, 11) is 0. The number of furan rings is 1. The van der Waals surface area contributed by atoms with Crippen molar-refractivity contribution in [2.24, 2.45) is 0 Å². The van der Waals surface area contributed by atoms with Gasteiger partial charge in [0.25, 0.3) is 0 Å². The summed E-state index contributed by atoms with van der Waals surface area (Å²) in [6.45, 7) is 56.8.